The van der Waals surface area contributed by atoms with Gasteiger partial charge in [0.1, 0.15) is 11.8 Å². The van der Waals surface area contributed by atoms with Crippen LogP contribution in [-0.2, 0) is 16.0 Å². The van der Waals surface area contributed by atoms with E-state index in [9.17, 15) is 9.59 Å². The molecule has 0 spiro atoms. The minimum Gasteiger partial charge on any atom is -0.494 e. The van der Waals surface area contributed by atoms with Crippen LogP contribution in [0.4, 0.5) is 0 Å². The SMILES string of the molecule is CCOc1ccc(SCC(=O)NC(Cc2ccccc2)C(N)=O)cc1. The highest BCUT2D eigenvalue weighted by atomic mass is 32.2. The highest BCUT2D eigenvalue weighted by Crippen LogP contribution is 2.21. The maximum Gasteiger partial charge on any atom is 0.240 e. The monoisotopic (exact) mass is 358 g/mol. The highest BCUT2D eigenvalue weighted by Gasteiger charge is 2.18. The summed E-state index contributed by atoms with van der Waals surface area (Å²) in [5.74, 6) is 0.252. The number of hydrogen-bond acceptors (Lipinski definition) is 4. The van der Waals surface area contributed by atoms with Crippen molar-refractivity contribution in [2.75, 3.05) is 12.4 Å². The molecule has 0 aliphatic rings. The van der Waals surface area contributed by atoms with Crippen molar-refractivity contribution in [3.63, 3.8) is 0 Å². The standard InChI is InChI=1S/C19H22N2O3S/c1-2-24-15-8-10-16(11-9-15)25-13-18(22)21-17(19(20)23)12-14-6-4-3-5-7-14/h3-11,17H,2,12-13H2,1H3,(H2,20,23)(H,21,22). The summed E-state index contributed by atoms with van der Waals surface area (Å²) in [4.78, 5) is 24.7. The molecule has 2 aromatic rings. The first kappa shape index (κ1) is 18.9. The number of nitrogens with one attached hydrogen (secondary N) is 1. The lowest BCUT2D eigenvalue weighted by Gasteiger charge is -2.15. The lowest BCUT2D eigenvalue weighted by molar-refractivity contribution is -0.125. The summed E-state index contributed by atoms with van der Waals surface area (Å²) in [5, 5.41) is 2.71. The van der Waals surface area contributed by atoms with E-state index >= 15 is 0 Å². The van der Waals surface area contributed by atoms with Gasteiger partial charge in [0.2, 0.25) is 11.8 Å². The van der Waals surface area contributed by atoms with Crippen LogP contribution in [0, 0.1) is 0 Å². The van der Waals surface area contributed by atoms with Gasteiger partial charge in [-0.15, -0.1) is 11.8 Å². The van der Waals surface area contributed by atoms with Crippen LogP contribution in [0.15, 0.2) is 59.5 Å². The number of rotatable bonds is 9. The maximum atomic E-state index is 12.1. The highest BCUT2D eigenvalue weighted by molar-refractivity contribution is 8.00. The summed E-state index contributed by atoms with van der Waals surface area (Å²) in [6.07, 6.45) is 0.385. The van der Waals surface area contributed by atoms with Crippen LogP contribution in [0.1, 0.15) is 12.5 Å². The molecule has 0 aliphatic carbocycles. The molecular formula is C19H22N2O3S. The van der Waals surface area contributed by atoms with Crippen LogP contribution < -0.4 is 15.8 Å². The van der Waals surface area contributed by atoms with Crippen molar-refractivity contribution in [1.29, 1.82) is 0 Å². The molecule has 132 valence electrons. The molecule has 2 amide bonds. The van der Waals surface area contributed by atoms with E-state index in [4.69, 9.17) is 10.5 Å². The molecular weight excluding hydrogens is 336 g/mol. The molecule has 0 radical (unpaired) electrons. The topological polar surface area (TPSA) is 81.4 Å². The van der Waals surface area contributed by atoms with Gasteiger partial charge in [-0.1, -0.05) is 30.3 Å². The summed E-state index contributed by atoms with van der Waals surface area (Å²) in [7, 11) is 0. The summed E-state index contributed by atoms with van der Waals surface area (Å²) in [5.41, 5.74) is 6.36. The first-order valence-electron chi connectivity index (χ1n) is 8.06. The van der Waals surface area contributed by atoms with Crippen molar-refractivity contribution in [1.82, 2.24) is 5.32 Å². The molecule has 2 rings (SSSR count). The normalized spacial score (nSPS) is 11.6. The Kier molecular flexibility index (Phi) is 7.35. The Morgan fingerprint density at radius 2 is 1.80 bits per heavy atom. The van der Waals surface area contributed by atoms with Gasteiger partial charge >= 0.3 is 0 Å². The average molecular weight is 358 g/mol. The number of primary amides is 1. The van der Waals surface area contributed by atoms with Crippen molar-refractivity contribution < 1.29 is 14.3 Å². The molecule has 1 atom stereocenters. The van der Waals surface area contributed by atoms with Crippen LogP contribution in [0.3, 0.4) is 0 Å². The lowest BCUT2D eigenvalue weighted by Crippen LogP contribution is -2.46. The number of carbonyl (C=O) groups is 2. The van der Waals surface area contributed by atoms with Crippen molar-refractivity contribution in [2.45, 2.75) is 24.3 Å². The number of amides is 2. The van der Waals surface area contributed by atoms with E-state index in [0.717, 1.165) is 16.2 Å². The van der Waals surface area contributed by atoms with Crippen molar-refractivity contribution in [3.8, 4) is 5.75 Å². The number of ether oxygens (including phenoxy) is 1. The zero-order chi connectivity index (χ0) is 18.1. The summed E-state index contributed by atoms with van der Waals surface area (Å²) in [6.45, 7) is 2.54. The molecule has 0 saturated heterocycles. The van der Waals surface area contributed by atoms with E-state index in [1.54, 1.807) is 0 Å². The zero-order valence-corrected chi connectivity index (χ0v) is 14.9. The summed E-state index contributed by atoms with van der Waals surface area (Å²) in [6, 6.07) is 16.3. The Labute approximate surface area is 151 Å². The number of thioether (sulfide) groups is 1. The maximum absolute atomic E-state index is 12.1. The van der Waals surface area contributed by atoms with Gasteiger partial charge in [0, 0.05) is 11.3 Å². The molecule has 25 heavy (non-hydrogen) atoms. The van der Waals surface area contributed by atoms with Gasteiger partial charge in [0.05, 0.1) is 12.4 Å². The van der Waals surface area contributed by atoms with E-state index in [1.165, 1.54) is 11.8 Å². The predicted octanol–water partition coefficient (Wildman–Crippen LogP) is 2.39. The molecule has 6 heteroatoms. The zero-order valence-electron chi connectivity index (χ0n) is 14.1. The smallest absolute Gasteiger partial charge is 0.240 e. The second-order valence-corrected chi connectivity index (χ2v) is 6.45. The Bertz CT molecular complexity index is 690. The Balaban J connectivity index is 1.85. The lowest BCUT2D eigenvalue weighted by atomic mass is 10.1. The average Bonchev–Trinajstić information content (AvgIpc) is 2.61. The van der Waals surface area contributed by atoms with E-state index in [2.05, 4.69) is 5.32 Å². The first-order chi connectivity index (χ1) is 12.1. The number of nitrogens with two attached hydrogens (primary N) is 1. The van der Waals surface area contributed by atoms with Crippen LogP contribution in [-0.4, -0.2) is 30.2 Å². The molecule has 5 nitrogen and oxygen atoms in total. The van der Waals surface area contributed by atoms with Crippen molar-refractivity contribution >= 4 is 23.6 Å². The quantitative estimate of drug-likeness (QED) is 0.675. The third-order valence-corrected chi connectivity index (χ3v) is 4.48. The second kappa shape index (κ2) is 9.74. The molecule has 3 N–H and O–H groups in total. The van der Waals surface area contributed by atoms with Crippen LogP contribution in [0.2, 0.25) is 0 Å². The third kappa shape index (κ3) is 6.51. The Hall–Kier alpha value is -2.47. The molecule has 1 unspecified atom stereocenters. The van der Waals surface area contributed by atoms with E-state index in [1.807, 2.05) is 61.5 Å². The number of carbonyl (C=O) groups excluding carboxylic acids is 2. The summed E-state index contributed by atoms with van der Waals surface area (Å²) >= 11 is 1.40. The molecule has 0 aliphatic heterocycles. The third-order valence-electron chi connectivity index (χ3n) is 3.47. The molecule has 0 heterocycles. The predicted molar refractivity (Wildman–Crippen MR) is 99.6 cm³/mol. The molecule has 0 fully saturated rings. The molecule has 0 bridgehead atoms. The molecule has 2 aromatic carbocycles. The Morgan fingerprint density at radius 1 is 1.12 bits per heavy atom. The van der Waals surface area contributed by atoms with Crippen LogP contribution >= 0.6 is 11.8 Å². The van der Waals surface area contributed by atoms with E-state index in [-0.39, 0.29) is 11.7 Å². The van der Waals surface area contributed by atoms with Crippen LogP contribution in [0.5, 0.6) is 5.75 Å². The van der Waals surface area contributed by atoms with Crippen molar-refractivity contribution in [2.24, 2.45) is 5.73 Å². The van der Waals surface area contributed by atoms with Crippen molar-refractivity contribution in [3.05, 3.63) is 60.2 Å². The van der Waals surface area contributed by atoms with Gasteiger partial charge < -0.3 is 15.8 Å². The van der Waals surface area contributed by atoms with Crippen LogP contribution in [0.25, 0.3) is 0 Å². The first-order valence-corrected chi connectivity index (χ1v) is 9.05. The Morgan fingerprint density at radius 3 is 2.40 bits per heavy atom. The minimum absolute atomic E-state index is 0.215. The summed E-state index contributed by atoms with van der Waals surface area (Å²) < 4.78 is 5.38. The number of benzene rings is 2. The molecule has 0 aromatic heterocycles. The van der Waals surface area contributed by atoms with E-state index < -0.39 is 11.9 Å². The second-order valence-electron chi connectivity index (χ2n) is 5.41. The van der Waals surface area contributed by atoms with Gasteiger partial charge in [-0.25, -0.2) is 0 Å². The fourth-order valence-corrected chi connectivity index (χ4v) is 2.97. The fourth-order valence-electron chi connectivity index (χ4n) is 2.26. The fraction of sp³-hybridized carbons (Fsp3) is 0.263. The van der Waals surface area contributed by atoms with Gasteiger partial charge in [-0.05, 0) is 36.8 Å². The van der Waals surface area contributed by atoms with Gasteiger partial charge in [0.15, 0.2) is 0 Å². The van der Waals surface area contributed by atoms with E-state index in [0.29, 0.717) is 13.0 Å². The largest absolute Gasteiger partial charge is 0.494 e. The minimum atomic E-state index is -0.712. The van der Waals surface area contributed by atoms with Gasteiger partial charge in [0.25, 0.3) is 0 Å². The van der Waals surface area contributed by atoms with Gasteiger partial charge in [-0.2, -0.15) is 0 Å². The number of hydrogen-bond donors (Lipinski definition) is 2. The molecule has 0 saturated carbocycles. The van der Waals surface area contributed by atoms with Gasteiger partial charge in [-0.3, -0.25) is 9.59 Å².